The average molecular weight is 296 g/mol. The fourth-order valence-corrected chi connectivity index (χ4v) is 2.68. The van der Waals surface area contributed by atoms with E-state index in [4.69, 9.17) is 0 Å². The molecule has 0 spiro atoms. The molecule has 4 amide bonds. The third kappa shape index (κ3) is 2.51. The number of aromatic nitrogens is 1. The predicted octanol–water partition coefficient (Wildman–Crippen LogP) is 1.19. The minimum absolute atomic E-state index is 0.300. The van der Waals surface area contributed by atoms with Gasteiger partial charge in [-0.05, 0) is 12.8 Å². The lowest BCUT2D eigenvalue weighted by atomic mass is 9.93. The van der Waals surface area contributed by atoms with E-state index in [1.807, 2.05) is 13.8 Å². The van der Waals surface area contributed by atoms with Gasteiger partial charge < -0.3 is 10.6 Å². The first-order valence-corrected chi connectivity index (χ1v) is 7.24. The lowest BCUT2D eigenvalue weighted by molar-refractivity contribution is -0.134. The van der Waals surface area contributed by atoms with Crippen molar-refractivity contribution in [2.24, 2.45) is 0 Å². The number of hydrogen-bond donors (Lipinski definition) is 2. The van der Waals surface area contributed by atoms with E-state index in [1.54, 1.807) is 11.6 Å². The number of rotatable bonds is 5. The Morgan fingerprint density at radius 1 is 1.45 bits per heavy atom. The van der Waals surface area contributed by atoms with Crippen molar-refractivity contribution in [1.82, 2.24) is 15.2 Å². The summed E-state index contributed by atoms with van der Waals surface area (Å²) in [5, 5.41) is 7.39. The van der Waals surface area contributed by atoms with Crippen molar-refractivity contribution in [2.75, 3.05) is 11.9 Å². The molecule has 1 fully saturated rings. The van der Waals surface area contributed by atoms with Gasteiger partial charge in [0, 0.05) is 11.6 Å². The Labute approximate surface area is 120 Å². The van der Waals surface area contributed by atoms with Crippen LogP contribution < -0.4 is 10.6 Å². The minimum atomic E-state index is -0.876. The van der Waals surface area contributed by atoms with Crippen molar-refractivity contribution in [3.8, 4) is 0 Å². The minimum Gasteiger partial charge on any atom is -0.323 e. The van der Waals surface area contributed by atoms with Crippen LogP contribution in [-0.4, -0.2) is 39.8 Å². The normalized spacial score (nSPS) is 17.2. The molecule has 1 aliphatic heterocycles. The van der Waals surface area contributed by atoms with E-state index in [-0.39, 0.29) is 12.5 Å². The molecule has 2 rings (SSSR count). The van der Waals surface area contributed by atoms with Gasteiger partial charge in [0.25, 0.3) is 5.91 Å². The summed E-state index contributed by atoms with van der Waals surface area (Å²) in [4.78, 5) is 40.8. The smallest absolute Gasteiger partial charge is 0.323 e. The molecule has 7 nitrogen and oxygen atoms in total. The second-order valence-electron chi connectivity index (χ2n) is 4.50. The second kappa shape index (κ2) is 5.58. The van der Waals surface area contributed by atoms with E-state index < -0.39 is 17.5 Å². The number of amides is 4. The van der Waals surface area contributed by atoms with Crippen LogP contribution in [0.3, 0.4) is 0 Å². The van der Waals surface area contributed by atoms with Crippen LogP contribution in [-0.2, 0) is 9.59 Å². The SMILES string of the molecule is CCC1(CC)NC(=O)N(CC(=O)Nc2nccs2)C1=O. The molecule has 2 N–H and O–H groups in total. The van der Waals surface area contributed by atoms with Crippen molar-refractivity contribution in [1.29, 1.82) is 0 Å². The maximum atomic E-state index is 12.3. The topological polar surface area (TPSA) is 91.4 Å². The van der Waals surface area contributed by atoms with E-state index >= 15 is 0 Å². The van der Waals surface area contributed by atoms with Crippen LogP contribution in [0.2, 0.25) is 0 Å². The van der Waals surface area contributed by atoms with Crippen molar-refractivity contribution in [3.05, 3.63) is 11.6 Å². The molecule has 0 bridgehead atoms. The van der Waals surface area contributed by atoms with Gasteiger partial charge in [0.05, 0.1) is 0 Å². The van der Waals surface area contributed by atoms with Crippen molar-refractivity contribution in [2.45, 2.75) is 32.2 Å². The van der Waals surface area contributed by atoms with Crippen LogP contribution >= 0.6 is 11.3 Å². The van der Waals surface area contributed by atoms with Gasteiger partial charge in [-0.2, -0.15) is 0 Å². The molecule has 1 aliphatic rings. The number of urea groups is 1. The van der Waals surface area contributed by atoms with Crippen LogP contribution in [0.15, 0.2) is 11.6 Å². The highest BCUT2D eigenvalue weighted by molar-refractivity contribution is 7.13. The average Bonchev–Trinajstić information content (AvgIpc) is 3.01. The fraction of sp³-hybridized carbons (Fsp3) is 0.500. The van der Waals surface area contributed by atoms with Crippen LogP contribution in [0.1, 0.15) is 26.7 Å². The first-order chi connectivity index (χ1) is 9.52. The van der Waals surface area contributed by atoms with Gasteiger partial charge in [-0.15, -0.1) is 11.3 Å². The number of carbonyl (C=O) groups excluding carboxylic acids is 3. The summed E-state index contributed by atoms with van der Waals surface area (Å²) in [7, 11) is 0. The Bertz CT molecular complexity index is 525. The Morgan fingerprint density at radius 3 is 2.65 bits per heavy atom. The third-order valence-electron chi connectivity index (χ3n) is 3.43. The molecule has 0 aliphatic carbocycles. The van der Waals surface area contributed by atoms with Crippen LogP contribution in [0.4, 0.5) is 9.93 Å². The monoisotopic (exact) mass is 296 g/mol. The van der Waals surface area contributed by atoms with Crippen LogP contribution in [0, 0.1) is 0 Å². The summed E-state index contributed by atoms with van der Waals surface area (Å²) in [6, 6.07) is -0.520. The van der Waals surface area contributed by atoms with Gasteiger partial charge in [-0.25, -0.2) is 9.78 Å². The molecular formula is C12H16N4O3S. The molecule has 0 unspecified atom stereocenters. The molecule has 108 valence electrons. The molecule has 0 saturated carbocycles. The summed E-state index contributed by atoms with van der Waals surface area (Å²) in [6.07, 6.45) is 2.56. The molecule has 0 atom stereocenters. The standard InChI is InChI=1S/C12H16N4O3S/c1-3-12(4-2)9(18)16(11(19)15-12)7-8(17)14-10-13-5-6-20-10/h5-6H,3-4,7H2,1-2H3,(H,15,19)(H,13,14,17). The van der Waals surface area contributed by atoms with Gasteiger partial charge in [0.2, 0.25) is 5.91 Å². The zero-order valence-electron chi connectivity index (χ0n) is 11.3. The van der Waals surface area contributed by atoms with Gasteiger partial charge >= 0.3 is 6.03 Å². The molecule has 2 heterocycles. The maximum Gasteiger partial charge on any atom is 0.325 e. The molecule has 1 saturated heterocycles. The van der Waals surface area contributed by atoms with Crippen LogP contribution in [0.25, 0.3) is 0 Å². The molecule has 1 aromatic heterocycles. The number of thiazole rings is 1. The summed E-state index contributed by atoms with van der Waals surface area (Å²) in [6.45, 7) is 3.37. The molecular weight excluding hydrogens is 280 g/mol. The van der Waals surface area contributed by atoms with Gasteiger partial charge in [-0.1, -0.05) is 13.8 Å². The van der Waals surface area contributed by atoms with E-state index in [1.165, 1.54) is 11.3 Å². The molecule has 8 heteroatoms. The highest BCUT2D eigenvalue weighted by Gasteiger charge is 2.49. The summed E-state index contributed by atoms with van der Waals surface area (Å²) in [5.41, 5.74) is -0.876. The quantitative estimate of drug-likeness (QED) is 0.798. The Hall–Kier alpha value is -1.96. The predicted molar refractivity (Wildman–Crippen MR) is 74.3 cm³/mol. The second-order valence-corrected chi connectivity index (χ2v) is 5.39. The summed E-state index contributed by atoms with van der Waals surface area (Å²) in [5.74, 6) is -0.784. The number of imide groups is 1. The van der Waals surface area contributed by atoms with Gasteiger partial charge in [0.1, 0.15) is 12.1 Å². The van der Waals surface area contributed by atoms with Crippen LogP contribution in [0.5, 0.6) is 0 Å². The van der Waals surface area contributed by atoms with E-state index in [0.29, 0.717) is 18.0 Å². The first kappa shape index (κ1) is 14.4. The van der Waals surface area contributed by atoms with E-state index in [9.17, 15) is 14.4 Å². The molecule has 20 heavy (non-hydrogen) atoms. The van der Waals surface area contributed by atoms with E-state index in [2.05, 4.69) is 15.6 Å². The van der Waals surface area contributed by atoms with Crippen molar-refractivity contribution < 1.29 is 14.4 Å². The highest BCUT2D eigenvalue weighted by Crippen LogP contribution is 2.24. The van der Waals surface area contributed by atoms with Crippen molar-refractivity contribution >= 4 is 34.3 Å². The first-order valence-electron chi connectivity index (χ1n) is 6.36. The molecule has 0 aromatic carbocycles. The molecule has 0 radical (unpaired) electrons. The molecule has 1 aromatic rings. The summed E-state index contributed by atoms with van der Waals surface area (Å²) >= 11 is 1.27. The lowest BCUT2D eigenvalue weighted by Crippen LogP contribution is -2.46. The number of carbonyl (C=O) groups is 3. The van der Waals surface area contributed by atoms with Crippen molar-refractivity contribution in [3.63, 3.8) is 0 Å². The number of hydrogen-bond acceptors (Lipinski definition) is 5. The van der Waals surface area contributed by atoms with Gasteiger partial charge in [-0.3, -0.25) is 14.5 Å². The Kier molecular flexibility index (Phi) is 4.03. The number of nitrogens with one attached hydrogen (secondary N) is 2. The third-order valence-corrected chi connectivity index (χ3v) is 4.12. The zero-order chi connectivity index (χ0) is 14.8. The highest BCUT2D eigenvalue weighted by atomic mass is 32.1. The zero-order valence-corrected chi connectivity index (χ0v) is 12.1. The summed E-state index contributed by atoms with van der Waals surface area (Å²) < 4.78 is 0. The number of anilines is 1. The van der Waals surface area contributed by atoms with E-state index in [0.717, 1.165) is 4.90 Å². The largest absolute Gasteiger partial charge is 0.325 e. The lowest BCUT2D eigenvalue weighted by Gasteiger charge is -2.22. The Morgan fingerprint density at radius 2 is 2.15 bits per heavy atom. The Balaban J connectivity index is 2.04. The fourth-order valence-electron chi connectivity index (χ4n) is 2.14. The van der Waals surface area contributed by atoms with Gasteiger partial charge in [0.15, 0.2) is 5.13 Å². The number of nitrogens with zero attached hydrogens (tertiary/aromatic N) is 2. The maximum absolute atomic E-state index is 12.3.